The molecule has 1 N–H and O–H groups in total. The summed E-state index contributed by atoms with van der Waals surface area (Å²) in [5.74, 6) is 1.67. The molecule has 6 rings (SSSR count). The number of rotatable bonds is 1. The van der Waals surface area contributed by atoms with Crippen LogP contribution in [0.5, 0.6) is 0 Å². The first-order valence-electron chi connectivity index (χ1n) is 10.8. The molecule has 0 amide bonds. The molecule has 2 aromatic carbocycles. The Morgan fingerprint density at radius 2 is 1.74 bits per heavy atom. The summed E-state index contributed by atoms with van der Waals surface area (Å²) in [4.78, 5) is 0. The highest BCUT2D eigenvalue weighted by Gasteiger charge is 2.37. The van der Waals surface area contributed by atoms with Crippen molar-refractivity contribution in [3.8, 4) is 0 Å². The highest BCUT2D eigenvalue weighted by atomic mass is 15.0. The van der Waals surface area contributed by atoms with Gasteiger partial charge in [0.1, 0.15) is 0 Å². The Bertz CT molecular complexity index is 993. The number of hydrogen-bond donors (Lipinski definition) is 1. The van der Waals surface area contributed by atoms with Crippen LogP contribution in [0.4, 0.5) is 0 Å². The Labute approximate surface area is 162 Å². The average molecular weight is 355 g/mol. The molecular weight excluding hydrogens is 326 g/mol. The molecule has 2 aliphatic carbocycles. The lowest BCUT2D eigenvalue weighted by atomic mass is 9.76. The van der Waals surface area contributed by atoms with E-state index < -0.39 is 0 Å². The predicted molar refractivity (Wildman–Crippen MR) is 114 cm³/mol. The molecule has 27 heavy (non-hydrogen) atoms. The third kappa shape index (κ3) is 2.48. The van der Waals surface area contributed by atoms with Gasteiger partial charge in [0.05, 0.1) is 0 Å². The predicted octanol–water partition coefficient (Wildman–Crippen LogP) is 6.12. The van der Waals surface area contributed by atoms with Crippen molar-refractivity contribution >= 4 is 16.3 Å². The first-order valence-corrected chi connectivity index (χ1v) is 10.8. The number of fused-ring (bicyclic) bond motifs is 6. The second-order valence-corrected chi connectivity index (χ2v) is 9.06. The molecule has 2 unspecified atom stereocenters. The van der Waals surface area contributed by atoms with Gasteiger partial charge in [0.15, 0.2) is 0 Å². The Morgan fingerprint density at radius 1 is 0.815 bits per heavy atom. The van der Waals surface area contributed by atoms with Crippen LogP contribution in [0.3, 0.4) is 0 Å². The first kappa shape index (κ1) is 16.1. The molecule has 1 radical (unpaired) electrons. The number of piperidine rings is 1. The van der Waals surface area contributed by atoms with Gasteiger partial charge in [-0.1, -0.05) is 47.6 Å². The highest BCUT2D eigenvalue weighted by molar-refractivity contribution is 5.96. The summed E-state index contributed by atoms with van der Waals surface area (Å²) in [5, 5.41) is 6.84. The highest BCUT2D eigenvalue weighted by Crippen LogP contribution is 2.44. The second kappa shape index (κ2) is 6.07. The fourth-order valence-corrected chi connectivity index (χ4v) is 6.08. The van der Waals surface area contributed by atoms with Gasteiger partial charge in [-0.25, -0.2) is 0 Å². The van der Waals surface area contributed by atoms with Crippen molar-refractivity contribution in [2.24, 2.45) is 0 Å². The van der Waals surface area contributed by atoms with Crippen molar-refractivity contribution in [3.63, 3.8) is 0 Å². The zero-order valence-electron chi connectivity index (χ0n) is 16.3. The van der Waals surface area contributed by atoms with E-state index in [9.17, 15) is 0 Å². The lowest BCUT2D eigenvalue weighted by Gasteiger charge is -2.32. The number of allylic oxidation sites excluding steroid dienone is 4. The molecule has 0 aromatic heterocycles. The van der Waals surface area contributed by atoms with Gasteiger partial charge in [0, 0.05) is 18.0 Å². The van der Waals surface area contributed by atoms with Gasteiger partial charge in [-0.05, 0) is 91.3 Å². The molecule has 2 aromatic rings. The van der Waals surface area contributed by atoms with Crippen LogP contribution in [-0.4, -0.2) is 12.1 Å². The Morgan fingerprint density at radius 3 is 2.70 bits per heavy atom. The van der Waals surface area contributed by atoms with E-state index in [1.807, 2.05) is 0 Å². The number of aryl methyl sites for hydroxylation is 1. The maximum atomic E-state index is 3.86. The number of nitrogens with one attached hydrogen (secondary N) is 1. The third-order valence-corrected chi connectivity index (χ3v) is 7.50. The molecular formula is C26H28N. The molecule has 4 aliphatic rings. The molecule has 2 heterocycles. The van der Waals surface area contributed by atoms with Crippen molar-refractivity contribution in [1.82, 2.24) is 5.32 Å². The zero-order valence-corrected chi connectivity index (χ0v) is 16.3. The van der Waals surface area contributed by atoms with Crippen molar-refractivity contribution in [2.45, 2.75) is 70.4 Å². The molecule has 0 spiro atoms. The molecule has 1 heteroatoms. The largest absolute Gasteiger partial charge is 0.310 e. The van der Waals surface area contributed by atoms with Crippen molar-refractivity contribution in [2.75, 3.05) is 0 Å². The summed E-state index contributed by atoms with van der Waals surface area (Å²) in [5.41, 5.74) is 9.38. The van der Waals surface area contributed by atoms with Crippen molar-refractivity contribution in [1.29, 1.82) is 0 Å². The standard InChI is InChI=1S/C26H28N/c1-16-5-6-17-7-10-21-19-3-2-4-20(22(19)12-13-23(21)25(17)15-16)24-11-8-18-9-14-26(24)27-18/h2-4,12-13,15,18,26-27H,5-11,14H2,1H3. The van der Waals surface area contributed by atoms with E-state index in [4.69, 9.17) is 0 Å². The molecule has 2 aliphatic heterocycles. The smallest absolute Gasteiger partial charge is 0.0225 e. The van der Waals surface area contributed by atoms with Crippen LogP contribution in [0.2, 0.25) is 0 Å². The quantitative estimate of drug-likeness (QED) is 0.651. The maximum Gasteiger partial charge on any atom is 0.0225 e. The monoisotopic (exact) mass is 354 g/mol. The zero-order chi connectivity index (χ0) is 18.0. The minimum Gasteiger partial charge on any atom is -0.310 e. The van der Waals surface area contributed by atoms with Crippen LogP contribution < -0.4 is 5.32 Å². The van der Waals surface area contributed by atoms with E-state index in [1.165, 1.54) is 84.4 Å². The minimum absolute atomic E-state index is 0.614. The van der Waals surface area contributed by atoms with Gasteiger partial charge >= 0.3 is 0 Å². The van der Waals surface area contributed by atoms with Gasteiger partial charge in [-0.15, -0.1) is 0 Å². The molecule has 137 valence electrons. The number of benzene rings is 2. The number of hydrogen-bond acceptors (Lipinski definition) is 1. The Kier molecular flexibility index (Phi) is 3.63. The molecule has 1 nitrogen and oxygen atoms in total. The Hall–Kier alpha value is -1.86. The summed E-state index contributed by atoms with van der Waals surface area (Å²) in [6, 6.07) is 13.3. The Balaban J connectivity index is 1.50. The van der Waals surface area contributed by atoms with Gasteiger partial charge in [0.25, 0.3) is 0 Å². The molecule has 0 saturated carbocycles. The van der Waals surface area contributed by atoms with Crippen LogP contribution in [0, 0.1) is 5.92 Å². The van der Waals surface area contributed by atoms with Crippen molar-refractivity contribution < 1.29 is 0 Å². The molecule has 2 bridgehead atoms. The van der Waals surface area contributed by atoms with Crippen LogP contribution in [-0.2, 0) is 6.42 Å². The normalized spacial score (nSPS) is 27.5. The fraction of sp³-hybridized carbons (Fsp3) is 0.423. The molecule has 2 fully saturated rings. The van der Waals surface area contributed by atoms with Gasteiger partial charge < -0.3 is 5.32 Å². The van der Waals surface area contributed by atoms with E-state index in [0.29, 0.717) is 6.04 Å². The second-order valence-electron chi connectivity index (χ2n) is 9.06. The van der Waals surface area contributed by atoms with Crippen LogP contribution in [0.15, 0.2) is 47.6 Å². The summed E-state index contributed by atoms with van der Waals surface area (Å²) >= 11 is 0. The SMILES string of the molecule is CC1=CC2=C(CC1)CCc1c2ccc2c([C]3CCC4CCC3N4)cccc12. The van der Waals surface area contributed by atoms with E-state index in [1.54, 1.807) is 17.1 Å². The first-order chi connectivity index (χ1) is 13.3. The maximum absolute atomic E-state index is 3.86. The average Bonchev–Trinajstić information content (AvgIpc) is 3.08. The minimum atomic E-state index is 0.614. The van der Waals surface area contributed by atoms with E-state index in [2.05, 4.69) is 48.6 Å². The van der Waals surface area contributed by atoms with Crippen molar-refractivity contribution in [3.05, 3.63) is 70.2 Å². The summed E-state index contributed by atoms with van der Waals surface area (Å²) in [6.45, 7) is 2.29. The topological polar surface area (TPSA) is 12.0 Å². The van der Waals surface area contributed by atoms with E-state index >= 15 is 0 Å². The van der Waals surface area contributed by atoms with Gasteiger partial charge in [-0.2, -0.15) is 0 Å². The lowest BCUT2D eigenvalue weighted by Crippen LogP contribution is -2.39. The summed E-state index contributed by atoms with van der Waals surface area (Å²) in [7, 11) is 0. The summed E-state index contributed by atoms with van der Waals surface area (Å²) in [6.07, 6.45) is 12.7. The van der Waals surface area contributed by atoms with E-state index in [-0.39, 0.29) is 0 Å². The third-order valence-electron chi connectivity index (χ3n) is 7.50. The van der Waals surface area contributed by atoms with Gasteiger partial charge in [0.2, 0.25) is 0 Å². The van der Waals surface area contributed by atoms with E-state index in [0.717, 1.165) is 6.04 Å². The van der Waals surface area contributed by atoms with Crippen LogP contribution >= 0.6 is 0 Å². The van der Waals surface area contributed by atoms with Crippen LogP contribution in [0.1, 0.15) is 68.6 Å². The van der Waals surface area contributed by atoms with Crippen LogP contribution in [0.25, 0.3) is 16.3 Å². The fourth-order valence-electron chi connectivity index (χ4n) is 6.08. The summed E-state index contributed by atoms with van der Waals surface area (Å²) < 4.78 is 0. The van der Waals surface area contributed by atoms with Gasteiger partial charge in [-0.3, -0.25) is 0 Å². The lowest BCUT2D eigenvalue weighted by molar-refractivity contribution is 0.445. The molecule has 2 saturated heterocycles. The molecule has 2 atom stereocenters.